The maximum absolute atomic E-state index is 10.8. The fourth-order valence-electron chi connectivity index (χ4n) is 1.58. The average molecular weight is 244 g/mol. The van der Waals surface area contributed by atoms with Crippen molar-refractivity contribution in [2.75, 3.05) is 0 Å². The molecule has 2 rings (SSSR count). The summed E-state index contributed by atoms with van der Waals surface area (Å²) < 4.78 is 5.56. The molecule has 2 aromatic heterocycles. The molecule has 0 aliphatic heterocycles. The van der Waals surface area contributed by atoms with Crippen LogP contribution in [0.4, 0.5) is 0 Å². The Hall–Kier alpha value is -2.43. The second kappa shape index (κ2) is 4.83. The highest BCUT2D eigenvalue weighted by Gasteiger charge is 2.06. The summed E-state index contributed by atoms with van der Waals surface area (Å²) in [6, 6.07) is 4.99. The molecule has 0 bridgehead atoms. The average Bonchev–Trinajstić information content (AvgIpc) is 2.27. The number of aromatic nitrogens is 2. The van der Waals surface area contributed by atoms with E-state index in [2.05, 4.69) is 9.97 Å². The zero-order chi connectivity index (χ0) is 13.1. The molecule has 5 nitrogen and oxygen atoms in total. The maximum Gasteiger partial charge on any atom is 0.337 e. The summed E-state index contributed by atoms with van der Waals surface area (Å²) in [6.45, 7) is 3.73. The SMILES string of the molecule is Cc1cc(Oc2cncc(C(=O)O)c2)cc(C)n1. The van der Waals surface area contributed by atoms with Gasteiger partial charge in [-0.2, -0.15) is 0 Å². The van der Waals surface area contributed by atoms with Gasteiger partial charge in [0.1, 0.15) is 11.5 Å². The van der Waals surface area contributed by atoms with Crippen molar-refractivity contribution in [3.8, 4) is 11.5 Å². The van der Waals surface area contributed by atoms with E-state index in [0.29, 0.717) is 11.5 Å². The van der Waals surface area contributed by atoms with Gasteiger partial charge < -0.3 is 9.84 Å². The number of nitrogens with zero attached hydrogens (tertiary/aromatic N) is 2. The molecule has 2 heterocycles. The molecule has 0 aromatic carbocycles. The van der Waals surface area contributed by atoms with Crippen LogP contribution in [0.1, 0.15) is 21.7 Å². The smallest absolute Gasteiger partial charge is 0.337 e. The topological polar surface area (TPSA) is 72.3 Å². The summed E-state index contributed by atoms with van der Waals surface area (Å²) in [7, 11) is 0. The van der Waals surface area contributed by atoms with E-state index < -0.39 is 5.97 Å². The number of pyridine rings is 2. The van der Waals surface area contributed by atoms with Crippen LogP contribution in [0.2, 0.25) is 0 Å². The fourth-order valence-corrected chi connectivity index (χ4v) is 1.58. The van der Waals surface area contributed by atoms with Crippen LogP contribution in [0.25, 0.3) is 0 Å². The summed E-state index contributed by atoms with van der Waals surface area (Å²) >= 11 is 0. The van der Waals surface area contributed by atoms with Crippen molar-refractivity contribution in [3.05, 3.63) is 47.5 Å². The van der Waals surface area contributed by atoms with Crippen molar-refractivity contribution in [3.63, 3.8) is 0 Å². The predicted octanol–water partition coefficient (Wildman–Crippen LogP) is 2.58. The highest BCUT2D eigenvalue weighted by Crippen LogP contribution is 2.22. The summed E-state index contributed by atoms with van der Waals surface area (Å²) in [5.41, 5.74) is 1.77. The lowest BCUT2D eigenvalue weighted by molar-refractivity contribution is 0.0696. The molecule has 0 aliphatic rings. The lowest BCUT2D eigenvalue weighted by Gasteiger charge is -2.07. The number of aromatic carboxylic acids is 1. The minimum absolute atomic E-state index is 0.0926. The standard InChI is InChI=1S/C13H12N2O3/c1-8-3-11(4-9(2)15-8)18-12-5-10(13(16)17)6-14-7-12/h3-7H,1-2H3,(H,16,17). The fraction of sp³-hybridized carbons (Fsp3) is 0.154. The van der Waals surface area contributed by atoms with Gasteiger partial charge >= 0.3 is 5.97 Å². The normalized spacial score (nSPS) is 10.1. The number of aryl methyl sites for hydroxylation is 2. The zero-order valence-electron chi connectivity index (χ0n) is 10.0. The predicted molar refractivity (Wildman–Crippen MR) is 65.0 cm³/mol. The third kappa shape index (κ3) is 2.82. The van der Waals surface area contributed by atoms with Gasteiger partial charge in [-0.1, -0.05) is 0 Å². The van der Waals surface area contributed by atoms with Gasteiger partial charge in [-0.25, -0.2) is 4.79 Å². The van der Waals surface area contributed by atoms with E-state index >= 15 is 0 Å². The van der Waals surface area contributed by atoms with E-state index in [1.54, 1.807) is 12.1 Å². The molecule has 2 aromatic rings. The van der Waals surface area contributed by atoms with Gasteiger partial charge in [-0.05, 0) is 19.9 Å². The van der Waals surface area contributed by atoms with E-state index in [4.69, 9.17) is 9.84 Å². The quantitative estimate of drug-likeness (QED) is 0.898. The highest BCUT2D eigenvalue weighted by atomic mass is 16.5. The Bertz CT molecular complexity index is 576. The van der Waals surface area contributed by atoms with E-state index in [1.807, 2.05) is 13.8 Å². The van der Waals surface area contributed by atoms with E-state index in [0.717, 1.165) is 11.4 Å². The van der Waals surface area contributed by atoms with E-state index in [1.165, 1.54) is 18.5 Å². The van der Waals surface area contributed by atoms with Crippen LogP contribution in [-0.4, -0.2) is 21.0 Å². The molecule has 0 unspecified atom stereocenters. The van der Waals surface area contributed by atoms with Gasteiger partial charge in [0.05, 0.1) is 11.8 Å². The minimum atomic E-state index is -1.03. The molecule has 1 N–H and O–H groups in total. The zero-order valence-corrected chi connectivity index (χ0v) is 10.0. The van der Waals surface area contributed by atoms with Crippen molar-refractivity contribution in [2.24, 2.45) is 0 Å². The van der Waals surface area contributed by atoms with Gasteiger partial charge in [0.15, 0.2) is 0 Å². The van der Waals surface area contributed by atoms with Crippen LogP contribution in [0.3, 0.4) is 0 Å². The second-order valence-corrected chi connectivity index (χ2v) is 3.90. The number of hydrogen-bond donors (Lipinski definition) is 1. The second-order valence-electron chi connectivity index (χ2n) is 3.90. The Morgan fingerprint density at radius 3 is 2.39 bits per heavy atom. The molecular formula is C13H12N2O3. The Morgan fingerprint density at radius 2 is 1.78 bits per heavy atom. The van der Waals surface area contributed by atoms with Crippen LogP contribution >= 0.6 is 0 Å². The third-order valence-corrected chi connectivity index (χ3v) is 2.25. The van der Waals surface area contributed by atoms with Crippen molar-refractivity contribution < 1.29 is 14.6 Å². The summed E-state index contributed by atoms with van der Waals surface area (Å²) in [4.78, 5) is 18.9. The van der Waals surface area contributed by atoms with Gasteiger partial charge in [0.25, 0.3) is 0 Å². The van der Waals surface area contributed by atoms with Crippen LogP contribution in [-0.2, 0) is 0 Å². The van der Waals surface area contributed by atoms with Crippen molar-refractivity contribution in [2.45, 2.75) is 13.8 Å². The Labute approximate surface area is 104 Å². The largest absolute Gasteiger partial charge is 0.478 e. The third-order valence-electron chi connectivity index (χ3n) is 2.25. The van der Waals surface area contributed by atoms with E-state index in [-0.39, 0.29) is 5.56 Å². The molecule has 0 saturated heterocycles. The first-order valence-electron chi connectivity index (χ1n) is 5.36. The molecule has 0 amide bonds. The van der Waals surface area contributed by atoms with Crippen LogP contribution in [0, 0.1) is 13.8 Å². The molecule has 0 aliphatic carbocycles. The number of rotatable bonds is 3. The molecule has 0 atom stereocenters. The number of carboxylic acid groups (broad SMARTS) is 1. The van der Waals surface area contributed by atoms with Crippen molar-refractivity contribution >= 4 is 5.97 Å². The molecule has 0 radical (unpaired) electrons. The van der Waals surface area contributed by atoms with Gasteiger partial charge in [-0.3, -0.25) is 9.97 Å². The minimum Gasteiger partial charge on any atom is -0.478 e. The molecule has 5 heteroatoms. The first kappa shape index (κ1) is 12.0. The van der Waals surface area contributed by atoms with Gasteiger partial charge in [0, 0.05) is 29.7 Å². The molecule has 92 valence electrons. The Kier molecular flexibility index (Phi) is 3.23. The van der Waals surface area contributed by atoms with Gasteiger partial charge in [-0.15, -0.1) is 0 Å². The molecule has 0 saturated carbocycles. The molecule has 18 heavy (non-hydrogen) atoms. The van der Waals surface area contributed by atoms with Gasteiger partial charge in [0.2, 0.25) is 0 Å². The van der Waals surface area contributed by atoms with Crippen LogP contribution in [0.5, 0.6) is 11.5 Å². The van der Waals surface area contributed by atoms with Crippen molar-refractivity contribution in [1.29, 1.82) is 0 Å². The first-order chi connectivity index (χ1) is 8.54. The monoisotopic (exact) mass is 244 g/mol. The lowest BCUT2D eigenvalue weighted by atomic mass is 10.3. The highest BCUT2D eigenvalue weighted by molar-refractivity contribution is 5.87. The van der Waals surface area contributed by atoms with E-state index in [9.17, 15) is 4.79 Å². The number of carboxylic acids is 1. The number of ether oxygens (including phenoxy) is 1. The number of hydrogen-bond acceptors (Lipinski definition) is 4. The Balaban J connectivity index is 2.28. The van der Waals surface area contributed by atoms with Crippen LogP contribution < -0.4 is 4.74 Å². The Morgan fingerprint density at radius 1 is 1.11 bits per heavy atom. The molecule has 0 fully saturated rings. The van der Waals surface area contributed by atoms with Crippen LogP contribution in [0.15, 0.2) is 30.6 Å². The first-order valence-corrected chi connectivity index (χ1v) is 5.36. The number of carbonyl (C=O) groups is 1. The maximum atomic E-state index is 10.8. The summed E-state index contributed by atoms with van der Waals surface area (Å²) in [5.74, 6) is -0.0284. The lowest BCUT2D eigenvalue weighted by Crippen LogP contribution is -1.98. The summed E-state index contributed by atoms with van der Waals surface area (Å²) in [6.07, 6.45) is 2.75. The summed E-state index contributed by atoms with van der Waals surface area (Å²) in [5, 5.41) is 8.86. The molecular weight excluding hydrogens is 232 g/mol. The molecule has 0 spiro atoms. The van der Waals surface area contributed by atoms with Crippen molar-refractivity contribution in [1.82, 2.24) is 9.97 Å².